The molecule has 3 rings (SSSR count). The molecule has 7 heteroatoms. The van der Waals surface area contributed by atoms with Crippen LogP contribution < -0.4 is 10.1 Å². The van der Waals surface area contributed by atoms with Gasteiger partial charge in [0.1, 0.15) is 5.75 Å². The fourth-order valence-corrected chi connectivity index (χ4v) is 3.64. The van der Waals surface area contributed by atoms with Gasteiger partial charge in [-0.15, -0.1) is 11.3 Å². The maximum atomic E-state index is 12.1. The molecule has 0 fully saturated rings. The maximum absolute atomic E-state index is 12.1. The highest BCUT2D eigenvalue weighted by Gasteiger charge is 2.10. The van der Waals surface area contributed by atoms with Crippen molar-refractivity contribution in [3.63, 3.8) is 0 Å². The molecule has 0 saturated carbocycles. The van der Waals surface area contributed by atoms with Crippen LogP contribution in [0.3, 0.4) is 0 Å². The van der Waals surface area contributed by atoms with E-state index in [-0.39, 0.29) is 12.3 Å². The largest absolute Gasteiger partial charge is 0.496 e. The van der Waals surface area contributed by atoms with Gasteiger partial charge < -0.3 is 10.1 Å². The van der Waals surface area contributed by atoms with E-state index in [2.05, 4.69) is 26.2 Å². The van der Waals surface area contributed by atoms with Crippen LogP contribution in [0, 0.1) is 0 Å². The predicted octanol–water partition coefficient (Wildman–Crippen LogP) is 5.42. The molecule has 3 aromatic rings. The fourth-order valence-electron chi connectivity index (χ4n) is 2.24. The molecule has 25 heavy (non-hydrogen) atoms. The van der Waals surface area contributed by atoms with E-state index >= 15 is 0 Å². The van der Waals surface area contributed by atoms with Gasteiger partial charge in [0.15, 0.2) is 5.13 Å². The Balaban J connectivity index is 1.68. The molecule has 0 bridgehead atoms. The second-order valence-electron chi connectivity index (χ2n) is 5.24. The Kier molecular flexibility index (Phi) is 5.73. The van der Waals surface area contributed by atoms with Crippen LogP contribution in [-0.4, -0.2) is 18.0 Å². The van der Waals surface area contributed by atoms with Crippen LogP contribution in [0.1, 0.15) is 5.56 Å². The van der Waals surface area contributed by atoms with E-state index in [1.165, 1.54) is 11.3 Å². The van der Waals surface area contributed by atoms with Gasteiger partial charge in [-0.3, -0.25) is 4.79 Å². The van der Waals surface area contributed by atoms with Crippen LogP contribution in [0.5, 0.6) is 5.75 Å². The zero-order valence-corrected chi connectivity index (χ0v) is 16.4. The normalized spacial score (nSPS) is 10.5. The summed E-state index contributed by atoms with van der Waals surface area (Å²) in [6.07, 6.45) is 0.278. The van der Waals surface area contributed by atoms with Gasteiger partial charge in [0, 0.05) is 16.0 Å². The van der Waals surface area contributed by atoms with Crippen LogP contribution in [0.2, 0.25) is 5.02 Å². The lowest BCUT2D eigenvalue weighted by Gasteiger charge is -2.04. The quantitative estimate of drug-likeness (QED) is 0.580. The first-order valence-electron chi connectivity index (χ1n) is 7.39. The molecule has 1 amide bonds. The van der Waals surface area contributed by atoms with Crippen molar-refractivity contribution in [3.8, 4) is 17.0 Å². The highest BCUT2D eigenvalue weighted by molar-refractivity contribution is 9.10. The van der Waals surface area contributed by atoms with E-state index < -0.39 is 0 Å². The minimum absolute atomic E-state index is 0.112. The van der Waals surface area contributed by atoms with Crippen LogP contribution in [-0.2, 0) is 11.2 Å². The monoisotopic (exact) mass is 436 g/mol. The third-order valence-electron chi connectivity index (χ3n) is 3.48. The van der Waals surface area contributed by atoms with E-state index in [1.807, 2.05) is 35.7 Å². The summed E-state index contributed by atoms with van der Waals surface area (Å²) in [4.78, 5) is 16.6. The van der Waals surface area contributed by atoms with Crippen molar-refractivity contribution in [3.05, 3.63) is 62.9 Å². The minimum atomic E-state index is -0.112. The number of hydrogen-bond donors (Lipinski definition) is 1. The van der Waals surface area contributed by atoms with Gasteiger partial charge in [-0.2, -0.15) is 0 Å². The van der Waals surface area contributed by atoms with Crippen molar-refractivity contribution in [1.29, 1.82) is 0 Å². The van der Waals surface area contributed by atoms with E-state index in [9.17, 15) is 4.79 Å². The van der Waals surface area contributed by atoms with Crippen molar-refractivity contribution in [2.45, 2.75) is 6.42 Å². The lowest BCUT2D eigenvalue weighted by Crippen LogP contribution is -2.14. The first-order chi connectivity index (χ1) is 12.0. The SMILES string of the molecule is COc1ccc(-c2csc(NC(=O)Cc3ccc(Cl)cc3)n2)cc1Br. The first-order valence-corrected chi connectivity index (χ1v) is 9.44. The number of hydrogen-bond acceptors (Lipinski definition) is 4. The highest BCUT2D eigenvalue weighted by atomic mass is 79.9. The summed E-state index contributed by atoms with van der Waals surface area (Å²) in [5, 5.41) is 5.96. The van der Waals surface area contributed by atoms with Gasteiger partial charge in [-0.05, 0) is 51.8 Å². The van der Waals surface area contributed by atoms with E-state index in [0.29, 0.717) is 10.2 Å². The molecule has 0 atom stereocenters. The van der Waals surface area contributed by atoms with E-state index in [4.69, 9.17) is 16.3 Å². The Morgan fingerprint density at radius 2 is 2.04 bits per heavy atom. The number of carbonyl (C=O) groups is 1. The summed E-state index contributed by atoms with van der Waals surface area (Å²) in [5.41, 5.74) is 2.65. The average molecular weight is 438 g/mol. The Morgan fingerprint density at radius 1 is 1.28 bits per heavy atom. The molecule has 0 aliphatic rings. The van der Waals surface area contributed by atoms with Crippen molar-refractivity contribution in [2.75, 3.05) is 12.4 Å². The van der Waals surface area contributed by atoms with Crippen molar-refractivity contribution < 1.29 is 9.53 Å². The minimum Gasteiger partial charge on any atom is -0.496 e. The lowest BCUT2D eigenvalue weighted by atomic mass is 10.1. The number of anilines is 1. The molecule has 1 N–H and O–H groups in total. The zero-order valence-electron chi connectivity index (χ0n) is 13.3. The molecular formula is C18H14BrClN2O2S. The molecule has 0 unspecified atom stereocenters. The number of rotatable bonds is 5. The van der Waals surface area contributed by atoms with Gasteiger partial charge in [0.2, 0.25) is 5.91 Å². The lowest BCUT2D eigenvalue weighted by molar-refractivity contribution is -0.115. The van der Waals surface area contributed by atoms with E-state index in [1.54, 1.807) is 19.2 Å². The van der Waals surface area contributed by atoms with E-state index in [0.717, 1.165) is 27.0 Å². The predicted molar refractivity (Wildman–Crippen MR) is 106 cm³/mol. The number of amides is 1. The van der Waals surface area contributed by atoms with Crippen LogP contribution >= 0.6 is 38.9 Å². The van der Waals surface area contributed by atoms with Crippen molar-refractivity contribution in [1.82, 2.24) is 4.98 Å². The molecule has 2 aromatic carbocycles. The number of aromatic nitrogens is 1. The van der Waals surface area contributed by atoms with Gasteiger partial charge in [0.05, 0.1) is 23.7 Å². The van der Waals surface area contributed by atoms with Gasteiger partial charge in [0.25, 0.3) is 0 Å². The topological polar surface area (TPSA) is 51.2 Å². The summed E-state index contributed by atoms with van der Waals surface area (Å²) in [5.74, 6) is 0.648. The second-order valence-corrected chi connectivity index (χ2v) is 7.39. The number of thiazole rings is 1. The Labute approximate surface area is 162 Å². The smallest absolute Gasteiger partial charge is 0.230 e. The number of carbonyl (C=O) groups excluding carboxylic acids is 1. The summed E-state index contributed by atoms with van der Waals surface area (Å²) in [6.45, 7) is 0. The van der Waals surface area contributed by atoms with Gasteiger partial charge >= 0.3 is 0 Å². The van der Waals surface area contributed by atoms with Gasteiger partial charge in [-0.1, -0.05) is 23.7 Å². The number of ether oxygens (including phenoxy) is 1. The molecule has 0 aliphatic heterocycles. The second kappa shape index (κ2) is 7.99. The number of nitrogens with zero attached hydrogens (tertiary/aromatic N) is 1. The molecule has 128 valence electrons. The molecule has 0 radical (unpaired) electrons. The molecule has 0 spiro atoms. The summed E-state index contributed by atoms with van der Waals surface area (Å²) >= 11 is 10.7. The molecule has 0 saturated heterocycles. The zero-order chi connectivity index (χ0) is 17.8. The number of methoxy groups -OCH3 is 1. The Hall–Kier alpha value is -1.89. The summed E-state index contributed by atoms with van der Waals surface area (Å²) < 4.78 is 6.08. The number of benzene rings is 2. The highest BCUT2D eigenvalue weighted by Crippen LogP contribution is 2.32. The average Bonchev–Trinajstić information content (AvgIpc) is 3.05. The third kappa shape index (κ3) is 4.60. The standard InChI is InChI=1S/C18H14BrClN2O2S/c1-24-16-7-4-12(9-14(16)19)15-10-25-18(21-15)22-17(23)8-11-2-5-13(20)6-3-11/h2-7,9-10H,8H2,1H3,(H,21,22,23). The van der Waals surface area contributed by atoms with Crippen LogP contribution in [0.4, 0.5) is 5.13 Å². The number of halogens is 2. The fraction of sp³-hybridized carbons (Fsp3) is 0.111. The Bertz CT molecular complexity index is 896. The van der Waals surface area contributed by atoms with Gasteiger partial charge in [-0.25, -0.2) is 4.98 Å². The van der Waals surface area contributed by atoms with Crippen molar-refractivity contribution in [2.24, 2.45) is 0 Å². The number of nitrogens with one attached hydrogen (secondary N) is 1. The van der Waals surface area contributed by atoms with Crippen LogP contribution in [0.25, 0.3) is 11.3 Å². The first kappa shape index (κ1) is 17.9. The van der Waals surface area contributed by atoms with Crippen molar-refractivity contribution >= 4 is 49.9 Å². The summed E-state index contributed by atoms with van der Waals surface area (Å²) in [7, 11) is 1.62. The maximum Gasteiger partial charge on any atom is 0.230 e. The molecule has 4 nitrogen and oxygen atoms in total. The third-order valence-corrected chi connectivity index (χ3v) is 5.11. The molecular weight excluding hydrogens is 424 g/mol. The molecule has 1 heterocycles. The summed E-state index contributed by atoms with van der Waals surface area (Å²) in [6, 6.07) is 13.0. The molecule has 1 aromatic heterocycles. The molecule has 0 aliphatic carbocycles. The Morgan fingerprint density at radius 3 is 2.72 bits per heavy atom. The van der Waals surface area contributed by atoms with Crippen LogP contribution in [0.15, 0.2) is 52.3 Å².